The van der Waals surface area contributed by atoms with Gasteiger partial charge in [-0.2, -0.15) is 0 Å². The maximum absolute atomic E-state index is 12.7. The van der Waals surface area contributed by atoms with Crippen LogP contribution in [0.15, 0.2) is 71.1 Å². The zero-order valence-electron chi connectivity index (χ0n) is 21.2. The lowest BCUT2D eigenvalue weighted by Crippen LogP contribution is -2.33. The number of furan rings is 1. The van der Waals surface area contributed by atoms with Gasteiger partial charge in [-0.3, -0.25) is 9.69 Å². The minimum atomic E-state index is -0.154. The largest absolute Gasteiger partial charge is 0.455 e. The zero-order valence-corrected chi connectivity index (χ0v) is 21.9. The van der Waals surface area contributed by atoms with Crippen molar-refractivity contribution < 1.29 is 9.21 Å². The van der Waals surface area contributed by atoms with Gasteiger partial charge in [0.1, 0.15) is 5.76 Å². The van der Waals surface area contributed by atoms with Crippen molar-refractivity contribution in [3.05, 3.63) is 94.4 Å². The van der Waals surface area contributed by atoms with E-state index in [9.17, 15) is 4.79 Å². The van der Waals surface area contributed by atoms with Crippen LogP contribution in [0.4, 0.5) is 0 Å². The van der Waals surface area contributed by atoms with Crippen LogP contribution in [0.5, 0.6) is 0 Å². The van der Waals surface area contributed by atoms with Crippen LogP contribution in [0.2, 0.25) is 5.02 Å². The number of nitrogens with one attached hydrogen (secondary N) is 1. The maximum atomic E-state index is 12.7. The fourth-order valence-corrected chi connectivity index (χ4v) is 4.32. The first kappa shape index (κ1) is 27.0. The number of halogens is 1. The molecular formula is C29H38ClN3O2. The number of hydrogen-bond acceptors (Lipinski definition) is 4. The predicted octanol–water partition coefficient (Wildman–Crippen LogP) is 6.38. The molecule has 3 rings (SSSR count). The topological polar surface area (TPSA) is 48.7 Å². The molecular weight excluding hydrogens is 458 g/mol. The van der Waals surface area contributed by atoms with Crippen molar-refractivity contribution in [1.29, 1.82) is 0 Å². The molecule has 0 fully saturated rings. The third kappa shape index (κ3) is 9.17. The van der Waals surface area contributed by atoms with Crippen LogP contribution in [0.25, 0.3) is 0 Å². The van der Waals surface area contributed by atoms with Gasteiger partial charge in [0.25, 0.3) is 5.91 Å². The first-order valence-electron chi connectivity index (χ1n) is 12.6. The SMILES string of the molecule is CCN(CC)CCCC(C)NC(=O)c1ccc(CN(Cc2ccccc2)Cc2ccc(Cl)cc2)o1. The summed E-state index contributed by atoms with van der Waals surface area (Å²) in [5.74, 6) is 0.981. The zero-order chi connectivity index (χ0) is 25.0. The highest BCUT2D eigenvalue weighted by Gasteiger charge is 2.16. The van der Waals surface area contributed by atoms with Crippen molar-refractivity contribution in [1.82, 2.24) is 15.1 Å². The Morgan fingerprint density at radius 1 is 0.886 bits per heavy atom. The number of nitrogens with zero attached hydrogens (tertiary/aromatic N) is 2. The molecule has 35 heavy (non-hydrogen) atoms. The quantitative estimate of drug-likeness (QED) is 0.282. The first-order valence-corrected chi connectivity index (χ1v) is 13.0. The summed E-state index contributed by atoms with van der Waals surface area (Å²) in [6.45, 7) is 11.7. The Balaban J connectivity index is 1.58. The van der Waals surface area contributed by atoms with Crippen LogP contribution in [-0.2, 0) is 19.6 Å². The standard InChI is InChI=1S/C29H38ClN3O2/c1-4-32(5-2)19-9-10-23(3)31-29(34)28-18-17-27(35-28)22-33(20-24-11-7-6-8-12-24)21-25-13-15-26(30)16-14-25/h6-8,11-18,23H,4-5,9-10,19-22H2,1-3H3,(H,31,34). The van der Waals surface area contributed by atoms with E-state index < -0.39 is 0 Å². The Kier molecular flexibility index (Phi) is 10.9. The summed E-state index contributed by atoms with van der Waals surface area (Å²) in [4.78, 5) is 17.4. The monoisotopic (exact) mass is 495 g/mol. The van der Waals surface area contributed by atoms with E-state index in [1.54, 1.807) is 6.07 Å². The first-order chi connectivity index (χ1) is 17.0. The molecule has 0 saturated carbocycles. The molecule has 1 unspecified atom stereocenters. The summed E-state index contributed by atoms with van der Waals surface area (Å²) < 4.78 is 5.97. The molecule has 1 N–H and O–H groups in total. The van der Waals surface area contributed by atoms with Gasteiger partial charge in [0.2, 0.25) is 0 Å². The average molecular weight is 496 g/mol. The molecule has 1 heterocycles. The Bertz CT molecular complexity index is 1020. The summed E-state index contributed by atoms with van der Waals surface area (Å²) in [7, 11) is 0. The van der Waals surface area contributed by atoms with Crippen LogP contribution in [0, 0.1) is 0 Å². The summed E-state index contributed by atoms with van der Waals surface area (Å²) in [6, 6.07) is 22.1. The van der Waals surface area contributed by atoms with E-state index in [0.29, 0.717) is 12.3 Å². The Morgan fingerprint density at radius 2 is 1.54 bits per heavy atom. The predicted molar refractivity (Wildman–Crippen MR) is 144 cm³/mol. The van der Waals surface area contributed by atoms with Gasteiger partial charge >= 0.3 is 0 Å². The van der Waals surface area contributed by atoms with Crippen molar-refractivity contribution >= 4 is 17.5 Å². The lowest BCUT2D eigenvalue weighted by Gasteiger charge is -2.21. The van der Waals surface area contributed by atoms with Crippen molar-refractivity contribution in [2.75, 3.05) is 19.6 Å². The van der Waals surface area contributed by atoms with Crippen molar-refractivity contribution in [2.45, 2.75) is 59.3 Å². The number of carbonyl (C=O) groups excluding carboxylic acids is 1. The third-order valence-electron chi connectivity index (χ3n) is 6.22. The highest BCUT2D eigenvalue weighted by atomic mass is 35.5. The van der Waals surface area contributed by atoms with Gasteiger partial charge in [-0.1, -0.05) is 67.9 Å². The van der Waals surface area contributed by atoms with E-state index in [4.69, 9.17) is 16.0 Å². The lowest BCUT2D eigenvalue weighted by atomic mass is 10.1. The average Bonchev–Trinajstić information content (AvgIpc) is 3.32. The second kappa shape index (κ2) is 14.1. The second-order valence-corrected chi connectivity index (χ2v) is 9.50. The molecule has 0 radical (unpaired) electrons. The molecule has 3 aromatic rings. The highest BCUT2D eigenvalue weighted by Crippen LogP contribution is 2.18. The second-order valence-electron chi connectivity index (χ2n) is 9.07. The Labute approximate surface area is 215 Å². The Hall–Kier alpha value is -2.60. The summed E-state index contributed by atoms with van der Waals surface area (Å²) >= 11 is 6.06. The molecule has 1 atom stereocenters. The van der Waals surface area contributed by atoms with E-state index in [1.165, 1.54) is 11.1 Å². The third-order valence-corrected chi connectivity index (χ3v) is 6.47. The molecule has 0 saturated heterocycles. The molecule has 0 aliphatic heterocycles. The van der Waals surface area contributed by atoms with E-state index in [-0.39, 0.29) is 11.9 Å². The van der Waals surface area contributed by atoms with E-state index >= 15 is 0 Å². The number of hydrogen-bond donors (Lipinski definition) is 1. The summed E-state index contributed by atoms with van der Waals surface area (Å²) in [6.07, 6.45) is 2.01. The van der Waals surface area contributed by atoms with E-state index in [0.717, 1.165) is 56.3 Å². The maximum Gasteiger partial charge on any atom is 0.287 e. The number of carbonyl (C=O) groups is 1. The van der Waals surface area contributed by atoms with Crippen LogP contribution in [-0.4, -0.2) is 41.4 Å². The lowest BCUT2D eigenvalue weighted by molar-refractivity contribution is 0.0904. The molecule has 0 bridgehead atoms. The van der Waals surface area contributed by atoms with Crippen molar-refractivity contribution in [3.63, 3.8) is 0 Å². The number of amides is 1. The molecule has 6 heteroatoms. The fraction of sp³-hybridized carbons (Fsp3) is 0.414. The summed E-state index contributed by atoms with van der Waals surface area (Å²) in [5, 5.41) is 3.81. The summed E-state index contributed by atoms with van der Waals surface area (Å²) in [5.41, 5.74) is 2.40. The molecule has 2 aromatic carbocycles. The molecule has 5 nitrogen and oxygen atoms in total. The van der Waals surface area contributed by atoms with Gasteiger partial charge in [-0.25, -0.2) is 0 Å². The van der Waals surface area contributed by atoms with Crippen LogP contribution in [0.3, 0.4) is 0 Å². The van der Waals surface area contributed by atoms with Gasteiger partial charge < -0.3 is 14.6 Å². The molecule has 1 aromatic heterocycles. The number of rotatable bonds is 14. The smallest absolute Gasteiger partial charge is 0.287 e. The van der Waals surface area contributed by atoms with E-state index in [1.807, 2.05) is 48.5 Å². The van der Waals surface area contributed by atoms with Crippen molar-refractivity contribution in [2.24, 2.45) is 0 Å². The number of benzene rings is 2. The van der Waals surface area contributed by atoms with Gasteiger partial charge in [0, 0.05) is 24.2 Å². The highest BCUT2D eigenvalue weighted by molar-refractivity contribution is 6.30. The van der Waals surface area contributed by atoms with E-state index in [2.05, 4.69) is 48.0 Å². The minimum Gasteiger partial charge on any atom is -0.455 e. The van der Waals surface area contributed by atoms with Gasteiger partial charge in [0.05, 0.1) is 6.54 Å². The molecule has 0 spiro atoms. The Morgan fingerprint density at radius 3 is 2.20 bits per heavy atom. The minimum absolute atomic E-state index is 0.103. The van der Waals surface area contributed by atoms with Gasteiger partial charge in [-0.15, -0.1) is 0 Å². The molecule has 0 aliphatic rings. The van der Waals surface area contributed by atoms with Crippen LogP contribution >= 0.6 is 11.6 Å². The normalized spacial score (nSPS) is 12.3. The van der Waals surface area contributed by atoms with Crippen LogP contribution < -0.4 is 5.32 Å². The molecule has 188 valence electrons. The van der Waals surface area contributed by atoms with Crippen molar-refractivity contribution in [3.8, 4) is 0 Å². The fourth-order valence-electron chi connectivity index (χ4n) is 4.19. The van der Waals surface area contributed by atoms with Gasteiger partial charge in [-0.05, 0) is 74.8 Å². The van der Waals surface area contributed by atoms with Crippen LogP contribution in [0.1, 0.15) is 61.1 Å². The molecule has 0 aliphatic carbocycles. The van der Waals surface area contributed by atoms with Gasteiger partial charge in [0.15, 0.2) is 5.76 Å². The molecule has 1 amide bonds.